The average molecular weight is 332 g/mol. The van der Waals surface area contributed by atoms with Crippen LogP contribution < -0.4 is 5.32 Å². The molecule has 8 heteroatoms. The van der Waals surface area contributed by atoms with Crippen LogP contribution in [-0.2, 0) is 14.3 Å². The first kappa shape index (κ1) is 16.1. The minimum Gasteiger partial charge on any atom is -0.377 e. The predicted molar refractivity (Wildman–Crippen MR) is 85.8 cm³/mol. The molecule has 1 aliphatic rings. The molecule has 1 saturated heterocycles. The summed E-state index contributed by atoms with van der Waals surface area (Å²) in [6, 6.07) is 2.16. The Balaban J connectivity index is 1.73. The van der Waals surface area contributed by atoms with E-state index in [1.54, 1.807) is 4.90 Å². The number of ether oxygens (including phenoxy) is 1. The highest BCUT2D eigenvalue weighted by molar-refractivity contribution is 6.01. The Hall–Kier alpha value is -2.74. The van der Waals surface area contributed by atoms with Crippen molar-refractivity contribution >= 4 is 28.4 Å². The third-order valence-electron chi connectivity index (χ3n) is 3.90. The molecule has 24 heavy (non-hydrogen) atoms. The molecule has 2 amide bonds. The lowest BCUT2D eigenvalue weighted by molar-refractivity contribution is -0.136. The molecule has 0 saturated carbocycles. The minimum atomic E-state index is -0.480. The summed E-state index contributed by atoms with van der Waals surface area (Å²) in [4.78, 5) is 25.8. The Bertz CT molecular complexity index is 789. The number of aromatic nitrogens is 2. The fraction of sp³-hybridized carbons (Fsp3) is 0.312. The molecule has 2 N–H and O–H groups in total. The molecule has 2 aromatic rings. The van der Waals surface area contributed by atoms with E-state index in [1.165, 1.54) is 24.4 Å². The van der Waals surface area contributed by atoms with Gasteiger partial charge in [-0.2, -0.15) is 5.10 Å². The Kier molecular flexibility index (Phi) is 4.57. The second kappa shape index (κ2) is 6.79. The molecule has 1 atom stereocenters. The van der Waals surface area contributed by atoms with Gasteiger partial charge >= 0.3 is 0 Å². The number of amides is 2. The zero-order chi connectivity index (χ0) is 17.1. The highest BCUT2D eigenvalue weighted by Crippen LogP contribution is 2.24. The summed E-state index contributed by atoms with van der Waals surface area (Å²) >= 11 is 0. The van der Waals surface area contributed by atoms with Gasteiger partial charge in [0.05, 0.1) is 36.7 Å². The number of H-pyrrole nitrogens is 1. The van der Waals surface area contributed by atoms with E-state index in [1.807, 2.05) is 0 Å². The fourth-order valence-corrected chi connectivity index (χ4v) is 2.77. The molecule has 1 aromatic carbocycles. The molecule has 0 bridgehead atoms. The first-order valence-electron chi connectivity index (χ1n) is 7.51. The number of nitrogens with zero attached hydrogens (tertiary/aromatic N) is 2. The summed E-state index contributed by atoms with van der Waals surface area (Å²) in [7, 11) is 0. The number of morpholine rings is 1. The van der Waals surface area contributed by atoms with Gasteiger partial charge in [0.25, 0.3) is 0 Å². The van der Waals surface area contributed by atoms with Crippen molar-refractivity contribution in [1.29, 1.82) is 0 Å². The summed E-state index contributed by atoms with van der Waals surface area (Å²) in [5.41, 5.74) is 0.830. The molecule has 0 radical (unpaired) electrons. The summed E-state index contributed by atoms with van der Waals surface area (Å²) in [5, 5.41) is 9.80. The molecule has 1 aromatic heterocycles. The zero-order valence-electron chi connectivity index (χ0n) is 12.9. The quantitative estimate of drug-likeness (QED) is 0.830. The van der Waals surface area contributed by atoms with Crippen LogP contribution in [0.25, 0.3) is 10.9 Å². The Morgan fingerprint density at radius 1 is 1.54 bits per heavy atom. The molecular weight excluding hydrogens is 315 g/mol. The zero-order valence-corrected chi connectivity index (χ0v) is 12.9. The van der Waals surface area contributed by atoms with Gasteiger partial charge in [0.1, 0.15) is 5.82 Å². The van der Waals surface area contributed by atoms with Crippen LogP contribution in [-0.4, -0.2) is 52.7 Å². The summed E-state index contributed by atoms with van der Waals surface area (Å²) < 4.78 is 19.0. The second-order valence-electron chi connectivity index (χ2n) is 5.50. The minimum absolute atomic E-state index is 0.0510. The number of carbonyl (C=O) groups is 2. The number of anilines is 1. The molecule has 0 aliphatic carbocycles. The highest BCUT2D eigenvalue weighted by Gasteiger charge is 2.28. The average Bonchev–Trinajstić information content (AvgIpc) is 3.03. The lowest BCUT2D eigenvalue weighted by Gasteiger charge is -2.34. The van der Waals surface area contributed by atoms with Gasteiger partial charge in [-0.25, -0.2) is 4.39 Å². The smallest absolute Gasteiger partial charge is 0.246 e. The monoisotopic (exact) mass is 332 g/mol. The SMILES string of the molecule is C=CC(=O)N1CCOCC1CC(=O)Nc1cc(F)cc2[nH]ncc12. The van der Waals surface area contributed by atoms with E-state index < -0.39 is 5.82 Å². The Morgan fingerprint density at radius 2 is 2.38 bits per heavy atom. The van der Waals surface area contributed by atoms with Crippen molar-refractivity contribution in [3.05, 3.63) is 36.8 Å². The molecule has 1 fully saturated rings. The van der Waals surface area contributed by atoms with Gasteiger partial charge in [-0.1, -0.05) is 6.58 Å². The van der Waals surface area contributed by atoms with E-state index in [0.29, 0.717) is 29.7 Å². The molecule has 126 valence electrons. The topological polar surface area (TPSA) is 87.3 Å². The van der Waals surface area contributed by atoms with Gasteiger partial charge in [0, 0.05) is 18.4 Å². The maximum absolute atomic E-state index is 13.6. The van der Waals surface area contributed by atoms with E-state index in [9.17, 15) is 14.0 Å². The van der Waals surface area contributed by atoms with Gasteiger partial charge in [0.15, 0.2) is 0 Å². The largest absolute Gasteiger partial charge is 0.377 e. The van der Waals surface area contributed by atoms with Crippen molar-refractivity contribution in [3.63, 3.8) is 0 Å². The maximum Gasteiger partial charge on any atom is 0.246 e. The standard InChI is InChI=1S/C16H17FN4O3/c1-2-16(23)21-3-4-24-9-11(21)7-15(22)19-13-5-10(17)6-14-12(13)8-18-20-14/h2,5-6,8,11H,1,3-4,7,9H2,(H,18,20)(H,19,22). The third kappa shape index (κ3) is 3.28. The van der Waals surface area contributed by atoms with Crippen LogP contribution in [0.1, 0.15) is 6.42 Å². The van der Waals surface area contributed by atoms with Gasteiger partial charge in [-0.05, 0) is 18.2 Å². The number of halogens is 1. The lowest BCUT2D eigenvalue weighted by Crippen LogP contribution is -2.49. The Morgan fingerprint density at radius 3 is 3.17 bits per heavy atom. The van der Waals surface area contributed by atoms with Crippen molar-refractivity contribution in [3.8, 4) is 0 Å². The van der Waals surface area contributed by atoms with Crippen molar-refractivity contribution < 1.29 is 18.7 Å². The molecular formula is C16H17FN4O3. The maximum atomic E-state index is 13.6. The molecule has 3 rings (SSSR count). The van der Waals surface area contributed by atoms with Crippen LogP contribution >= 0.6 is 0 Å². The molecule has 1 aliphatic heterocycles. The molecule has 7 nitrogen and oxygen atoms in total. The highest BCUT2D eigenvalue weighted by atomic mass is 19.1. The summed E-state index contributed by atoms with van der Waals surface area (Å²) in [6.45, 7) is 4.58. The molecule has 1 unspecified atom stereocenters. The van der Waals surface area contributed by atoms with Gasteiger partial charge in [-0.3, -0.25) is 14.7 Å². The Labute approximate surface area is 137 Å². The second-order valence-corrected chi connectivity index (χ2v) is 5.50. The number of rotatable bonds is 4. The number of nitrogens with one attached hydrogen (secondary N) is 2. The normalized spacial score (nSPS) is 17.7. The van der Waals surface area contributed by atoms with Crippen LogP contribution in [0.15, 0.2) is 31.0 Å². The van der Waals surface area contributed by atoms with Gasteiger partial charge in [-0.15, -0.1) is 0 Å². The van der Waals surface area contributed by atoms with Crippen molar-refractivity contribution in [2.24, 2.45) is 0 Å². The summed E-state index contributed by atoms with van der Waals surface area (Å²) in [6.07, 6.45) is 2.79. The number of hydrogen-bond donors (Lipinski definition) is 2. The third-order valence-corrected chi connectivity index (χ3v) is 3.90. The fourth-order valence-electron chi connectivity index (χ4n) is 2.77. The summed E-state index contributed by atoms with van der Waals surface area (Å²) in [5.74, 6) is -1.05. The number of aromatic amines is 1. The first-order chi connectivity index (χ1) is 11.6. The van der Waals surface area contributed by atoms with Gasteiger partial charge in [0.2, 0.25) is 11.8 Å². The number of fused-ring (bicyclic) bond motifs is 1. The van der Waals surface area contributed by atoms with Crippen LogP contribution in [0.2, 0.25) is 0 Å². The lowest BCUT2D eigenvalue weighted by atomic mass is 10.1. The van der Waals surface area contributed by atoms with Crippen LogP contribution in [0.3, 0.4) is 0 Å². The van der Waals surface area contributed by atoms with Crippen LogP contribution in [0.4, 0.5) is 10.1 Å². The van der Waals surface area contributed by atoms with Crippen LogP contribution in [0.5, 0.6) is 0 Å². The van der Waals surface area contributed by atoms with E-state index >= 15 is 0 Å². The predicted octanol–water partition coefficient (Wildman–Crippen LogP) is 1.44. The van der Waals surface area contributed by atoms with Gasteiger partial charge < -0.3 is 15.0 Å². The molecule has 0 spiro atoms. The van der Waals surface area contributed by atoms with E-state index in [-0.39, 0.29) is 30.9 Å². The first-order valence-corrected chi connectivity index (χ1v) is 7.51. The van der Waals surface area contributed by atoms with Crippen LogP contribution in [0, 0.1) is 5.82 Å². The molecule has 2 heterocycles. The van der Waals surface area contributed by atoms with E-state index in [2.05, 4.69) is 22.1 Å². The number of hydrogen-bond acceptors (Lipinski definition) is 4. The van der Waals surface area contributed by atoms with Crippen molar-refractivity contribution in [1.82, 2.24) is 15.1 Å². The van der Waals surface area contributed by atoms with Crippen molar-refractivity contribution in [2.45, 2.75) is 12.5 Å². The van der Waals surface area contributed by atoms with Crippen molar-refractivity contribution in [2.75, 3.05) is 25.1 Å². The number of benzene rings is 1. The van der Waals surface area contributed by atoms with E-state index in [4.69, 9.17) is 4.74 Å². The van der Waals surface area contributed by atoms with E-state index in [0.717, 1.165) is 0 Å². The number of carbonyl (C=O) groups excluding carboxylic acids is 2.